The highest BCUT2D eigenvalue weighted by Crippen LogP contribution is 2.51. The first kappa shape index (κ1) is 18.3. The van der Waals surface area contributed by atoms with Crippen molar-refractivity contribution in [3.05, 3.63) is 0 Å². The molecule has 130 valence electrons. The fraction of sp³-hybridized carbons (Fsp3) is 1.00. The molecule has 2 aliphatic carbocycles. The number of hydrogen-bond donors (Lipinski definition) is 0. The first-order chi connectivity index (χ1) is 10.7. The Balaban J connectivity index is 2.02. The van der Waals surface area contributed by atoms with Gasteiger partial charge >= 0.3 is 0 Å². The highest BCUT2D eigenvalue weighted by molar-refractivity contribution is 4.96. The summed E-state index contributed by atoms with van der Waals surface area (Å²) in [7, 11) is 0. The molecule has 2 nitrogen and oxygen atoms in total. The molecule has 0 saturated heterocycles. The van der Waals surface area contributed by atoms with Gasteiger partial charge in [0.05, 0.1) is 13.2 Å². The Labute approximate surface area is 138 Å². The van der Waals surface area contributed by atoms with E-state index in [-0.39, 0.29) is 0 Å². The van der Waals surface area contributed by atoms with Crippen LogP contribution in [0.3, 0.4) is 0 Å². The predicted molar refractivity (Wildman–Crippen MR) is 93.1 cm³/mol. The van der Waals surface area contributed by atoms with Gasteiger partial charge in [0.15, 0.2) is 0 Å². The fourth-order valence-electron chi connectivity index (χ4n) is 4.99. The average molecular weight is 311 g/mol. The Morgan fingerprint density at radius 3 is 2.18 bits per heavy atom. The molecule has 2 aliphatic rings. The van der Waals surface area contributed by atoms with Crippen LogP contribution in [0.5, 0.6) is 0 Å². The van der Waals surface area contributed by atoms with Gasteiger partial charge in [-0.2, -0.15) is 0 Å². The smallest absolute Gasteiger partial charge is 0.0547 e. The van der Waals surface area contributed by atoms with E-state index in [0.29, 0.717) is 5.41 Å². The van der Waals surface area contributed by atoms with Crippen LogP contribution < -0.4 is 0 Å². The van der Waals surface area contributed by atoms with Crippen LogP contribution in [0, 0.1) is 23.2 Å². The van der Waals surface area contributed by atoms with Crippen molar-refractivity contribution in [3.8, 4) is 0 Å². The molecular formula is C20H38O2. The van der Waals surface area contributed by atoms with Gasteiger partial charge in [-0.05, 0) is 49.9 Å². The fourth-order valence-corrected chi connectivity index (χ4v) is 4.99. The second kappa shape index (κ2) is 9.27. The van der Waals surface area contributed by atoms with Gasteiger partial charge in [-0.3, -0.25) is 0 Å². The molecule has 2 rings (SSSR count). The Kier molecular flexibility index (Phi) is 7.70. The molecule has 0 bridgehead atoms. The minimum Gasteiger partial charge on any atom is -0.381 e. The lowest BCUT2D eigenvalue weighted by atomic mass is 9.66. The maximum absolute atomic E-state index is 6.07. The summed E-state index contributed by atoms with van der Waals surface area (Å²) in [4.78, 5) is 0. The largest absolute Gasteiger partial charge is 0.381 e. The van der Waals surface area contributed by atoms with E-state index in [2.05, 4.69) is 20.8 Å². The molecule has 0 aromatic rings. The molecule has 2 fully saturated rings. The first-order valence-corrected chi connectivity index (χ1v) is 9.87. The van der Waals surface area contributed by atoms with E-state index < -0.39 is 0 Å². The van der Waals surface area contributed by atoms with Gasteiger partial charge in [0, 0.05) is 18.6 Å². The molecule has 0 amide bonds. The van der Waals surface area contributed by atoms with Crippen LogP contribution in [0.4, 0.5) is 0 Å². The first-order valence-electron chi connectivity index (χ1n) is 9.87. The molecule has 0 aromatic heterocycles. The van der Waals surface area contributed by atoms with Crippen LogP contribution in [0.25, 0.3) is 0 Å². The van der Waals surface area contributed by atoms with Crippen molar-refractivity contribution >= 4 is 0 Å². The van der Waals surface area contributed by atoms with Crippen LogP contribution in [0.15, 0.2) is 0 Å². The van der Waals surface area contributed by atoms with Crippen molar-refractivity contribution in [1.29, 1.82) is 0 Å². The summed E-state index contributed by atoms with van der Waals surface area (Å²) in [6.07, 6.45) is 12.1. The topological polar surface area (TPSA) is 18.5 Å². The van der Waals surface area contributed by atoms with Gasteiger partial charge in [0.25, 0.3) is 0 Å². The van der Waals surface area contributed by atoms with Crippen LogP contribution in [0.2, 0.25) is 0 Å². The molecule has 22 heavy (non-hydrogen) atoms. The van der Waals surface area contributed by atoms with Gasteiger partial charge in [-0.1, -0.05) is 46.5 Å². The summed E-state index contributed by atoms with van der Waals surface area (Å²) < 4.78 is 12.1. The summed E-state index contributed by atoms with van der Waals surface area (Å²) in [6, 6.07) is 0. The SMILES string of the molecule is CCCOCC1(COCCC)CCCC1C1CCCC(C)C1. The molecule has 3 atom stereocenters. The monoisotopic (exact) mass is 310 g/mol. The molecule has 2 saturated carbocycles. The highest BCUT2D eigenvalue weighted by Gasteiger charge is 2.47. The quantitative estimate of drug-likeness (QED) is 0.527. The maximum Gasteiger partial charge on any atom is 0.0547 e. The van der Waals surface area contributed by atoms with Crippen molar-refractivity contribution in [1.82, 2.24) is 0 Å². The second-order valence-electron chi connectivity index (χ2n) is 8.00. The van der Waals surface area contributed by atoms with Crippen LogP contribution in [-0.2, 0) is 9.47 Å². The van der Waals surface area contributed by atoms with Crippen molar-refractivity contribution in [2.75, 3.05) is 26.4 Å². The standard InChI is InChI=1S/C20H38O2/c1-4-12-21-15-20(16-22-13-5-2)11-7-10-19(20)18-9-6-8-17(3)14-18/h17-19H,4-16H2,1-3H3. The summed E-state index contributed by atoms with van der Waals surface area (Å²) in [5.74, 6) is 2.68. The van der Waals surface area contributed by atoms with Crippen LogP contribution in [-0.4, -0.2) is 26.4 Å². The van der Waals surface area contributed by atoms with Gasteiger partial charge in [0.2, 0.25) is 0 Å². The van der Waals surface area contributed by atoms with Gasteiger partial charge < -0.3 is 9.47 Å². The Bertz CT molecular complexity index is 292. The summed E-state index contributed by atoms with van der Waals surface area (Å²) in [6.45, 7) is 10.5. The molecule has 0 spiro atoms. The Hall–Kier alpha value is -0.0800. The maximum atomic E-state index is 6.07. The van der Waals surface area contributed by atoms with Crippen molar-refractivity contribution < 1.29 is 9.47 Å². The molecule has 0 heterocycles. The van der Waals surface area contributed by atoms with Crippen LogP contribution >= 0.6 is 0 Å². The lowest BCUT2D eigenvalue weighted by molar-refractivity contribution is -0.0622. The molecule has 0 radical (unpaired) electrons. The van der Waals surface area contributed by atoms with E-state index in [1.807, 2.05) is 0 Å². The Morgan fingerprint density at radius 1 is 0.909 bits per heavy atom. The number of rotatable bonds is 9. The molecule has 0 N–H and O–H groups in total. The Morgan fingerprint density at radius 2 is 1.59 bits per heavy atom. The summed E-state index contributed by atoms with van der Waals surface area (Å²) >= 11 is 0. The molecular weight excluding hydrogens is 272 g/mol. The van der Waals surface area contributed by atoms with E-state index in [0.717, 1.165) is 57.0 Å². The van der Waals surface area contributed by atoms with E-state index in [1.54, 1.807) is 0 Å². The molecule has 0 aromatic carbocycles. The van der Waals surface area contributed by atoms with Crippen molar-refractivity contribution in [2.24, 2.45) is 23.2 Å². The van der Waals surface area contributed by atoms with Crippen LogP contribution in [0.1, 0.15) is 78.6 Å². The number of hydrogen-bond acceptors (Lipinski definition) is 2. The lowest BCUT2D eigenvalue weighted by Crippen LogP contribution is -2.41. The van der Waals surface area contributed by atoms with E-state index in [1.165, 1.54) is 44.9 Å². The van der Waals surface area contributed by atoms with Gasteiger partial charge in [-0.15, -0.1) is 0 Å². The zero-order valence-electron chi connectivity index (χ0n) is 15.2. The zero-order valence-corrected chi connectivity index (χ0v) is 15.2. The van der Waals surface area contributed by atoms with E-state index in [9.17, 15) is 0 Å². The van der Waals surface area contributed by atoms with Gasteiger partial charge in [0.1, 0.15) is 0 Å². The lowest BCUT2D eigenvalue weighted by Gasteiger charge is -2.42. The third kappa shape index (κ3) is 4.71. The molecule has 2 heteroatoms. The van der Waals surface area contributed by atoms with Crippen molar-refractivity contribution in [3.63, 3.8) is 0 Å². The van der Waals surface area contributed by atoms with Gasteiger partial charge in [-0.25, -0.2) is 0 Å². The minimum atomic E-state index is 0.312. The summed E-state index contributed by atoms with van der Waals surface area (Å²) in [5.41, 5.74) is 0.312. The number of ether oxygens (including phenoxy) is 2. The third-order valence-electron chi connectivity index (χ3n) is 6.00. The average Bonchev–Trinajstić information content (AvgIpc) is 2.92. The van der Waals surface area contributed by atoms with E-state index >= 15 is 0 Å². The second-order valence-corrected chi connectivity index (χ2v) is 8.00. The molecule has 3 unspecified atom stereocenters. The molecule has 0 aliphatic heterocycles. The summed E-state index contributed by atoms with van der Waals surface area (Å²) in [5, 5.41) is 0. The van der Waals surface area contributed by atoms with E-state index in [4.69, 9.17) is 9.47 Å². The third-order valence-corrected chi connectivity index (χ3v) is 6.00. The minimum absolute atomic E-state index is 0.312. The predicted octanol–water partition coefficient (Wildman–Crippen LogP) is 5.45. The van der Waals surface area contributed by atoms with Crippen molar-refractivity contribution in [2.45, 2.75) is 78.6 Å². The normalized spacial score (nSPS) is 31.5. The zero-order chi connectivity index (χ0) is 15.8. The highest BCUT2D eigenvalue weighted by atomic mass is 16.5.